The minimum atomic E-state index is -5.03. The van der Waals surface area contributed by atoms with E-state index >= 15 is 13.2 Å². The Morgan fingerprint density at radius 2 is 0.568 bits per heavy atom. The lowest BCUT2D eigenvalue weighted by Gasteiger charge is -2.44. The van der Waals surface area contributed by atoms with Crippen LogP contribution < -0.4 is 19.6 Å². The second-order valence-electron chi connectivity index (χ2n) is 17.5. The maximum absolute atomic E-state index is 18.0. The van der Waals surface area contributed by atoms with E-state index in [1.165, 1.54) is 23.5 Å². The van der Waals surface area contributed by atoms with Crippen LogP contribution >= 0.6 is 47.0 Å². The van der Waals surface area contributed by atoms with Gasteiger partial charge in [-0.15, -0.1) is 0 Å². The highest BCUT2D eigenvalue weighted by Gasteiger charge is 2.49. The summed E-state index contributed by atoms with van der Waals surface area (Å²) in [5.74, 6) is 0.0193. The topological polar surface area (TPSA) is 25.9 Å². The molecular formula is C62H40F3N5S4. The summed E-state index contributed by atoms with van der Waals surface area (Å²) < 4.78 is 54.1. The van der Waals surface area contributed by atoms with Crippen LogP contribution in [0.5, 0.6) is 0 Å². The van der Waals surface area contributed by atoms with E-state index < -0.39 is 11.7 Å². The van der Waals surface area contributed by atoms with Gasteiger partial charge in [0.05, 0.1) is 51.2 Å². The summed E-state index contributed by atoms with van der Waals surface area (Å²) in [4.78, 5) is 16.8. The number of alkyl halides is 3. The number of pyridine rings is 1. The molecule has 0 N–H and O–H groups in total. The summed E-state index contributed by atoms with van der Waals surface area (Å²) in [5, 5.41) is 8.09. The van der Waals surface area contributed by atoms with Crippen molar-refractivity contribution in [1.82, 2.24) is 4.98 Å². The number of fused-ring (bicyclic) bond motifs is 4. The smallest absolute Gasteiger partial charge is 0.305 e. The number of thioether (sulfide) groups is 4. The molecule has 5 nitrogen and oxygen atoms in total. The molecule has 0 bridgehead atoms. The van der Waals surface area contributed by atoms with Crippen molar-refractivity contribution in [3.63, 3.8) is 0 Å². The molecule has 13 rings (SSSR count). The van der Waals surface area contributed by atoms with Crippen LogP contribution in [0.2, 0.25) is 0 Å². The number of rotatable bonds is 8. The molecule has 0 saturated heterocycles. The van der Waals surface area contributed by atoms with Crippen LogP contribution in [-0.4, -0.2) is 4.98 Å². The highest BCUT2D eigenvalue weighted by Crippen LogP contribution is 2.63. The zero-order valence-corrected chi connectivity index (χ0v) is 42.4. The molecule has 9 aromatic rings. The van der Waals surface area contributed by atoms with E-state index in [0.717, 1.165) is 53.2 Å². The second kappa shape index (κ2) is 19.3. The van der Waals surface area contributed by atoms with Crippen LogP contribution in [-0.2, 0) is 6.18 Å². The van der Waals surface area contributed by atoms with Gasteiger partial charge < -0.3 is 9.80 Å². The standard InChI is InChI=1S/C62H40F3N5S4/c63-62(64,65)57-58(67-45-29-13-17-33-53(45)71-37-49(67)41-21-5-1-6-22-41)59(68-46-30-14-18-34-54(46)72-38-50(68)42-23-7-2-8-24-42)61(70-48-32-16-20-36-56(48)74-40-52(70)44-27-11-4-12-28-44)66-60(57)69-47-31-15-19-35-55(47)73-39-51(69)43-25-9-3-10-26-43/h1-40H. The third-order valence-corrected chi connectivity index (χ3v) is 16.9. The van der Waals surface area contributed by atoms with E-state index in [-0.39, 0.29) is 17.2 Å². The average molecular weight is 1040 g/mol. The molecule has 4 aliphatic rings. The van der Waals surface area contributed by atoms with Gasteiger partial charge in [0, 0.05) is 41.2 Å². The Labute approximate surface area is 444 Å². The molecule has 5 heterocycles. The van der Waals surface area contributed by atoms with Gasteiger partial charge in [-0.2, -0.15) is 13.2 Å². The molecule has 0 amide bonds. The number of benzene rings is 8. The van der Waals surface area contributed by atoms with Crippen molar-refractivity contribution in [2.24, 2.45) is 0 Å². The molecular weight excluding hydrogens is 1000 g/mol. The normalized spacial score (nSPS) is 15.0. The molecule has 8 aromatic carbocycles. The fourth-order valence-electron chi connectivity index (χ4n) is 9.88. The predicted octanol–water partition coefficient (Wildman–Crippen LogP) is 19.1. The first-order valence-electron chi connectivity index (χ1n) is 23.8. The number of aromatic nitrogens is 1. The Hall–Kier alpha value is -7.74. The van der Waals surface area contributed by atoms with E-state index in [2.05, 4.69) is 21.8 Å². The molecule has 0 spiro atoms. The van der Waals surface area contributed by atoms with Gasteiger partial charge in [-0.25, -0.2) is 4.98 Å². The van der Waals surface area contributed by atoms with E-state index in [0.29, 0.717) is 40.0 Å². The van der Waals surface area contributed by atoms with Crippen LogP contribution in [0.1, 0.15) is 27.8 Å². The summed E-state index contributed by atoms with van der Waals surface area (Å²) in [7, 11) is 0. The summed E-state index contributed by atoms with van der Waals surface area (Å²) in [6.07, 6.45) is -5.03. The lowest BCUT2D eigenvalue weighted by Crippen LogP contribution is -2.32. The molecule has 1 aromatic heterocycles. The second-order valence-corrected chi connectivity index (χ2v) is 21.1. The maximum Gasteiger partial charge on any atom is 0.422 e. The third kappa shape index (κ3) is 8.09. The first kappa shape index (κ1) is 46.1. The minimum absolute atomic E-state index is 0.0878. The lowest BCUT2D eigenvalue weighted by atomic mass is 10.00. The molecule has 0 radical (unpaired) electrons. The van der Waals surface area contributed by atoms with Crippen molar-refractivity contribution in [3.05, 3.63) is 268 Å². The summed E-state index contributed by atoms with van der Waals surface area (Å²) in [6, 6.07) is 70.8. The Kier molecular flexibility index (Phi) is 12.0. The van der Waals surface area contributed by atoms with Crippen molar-refractivity contribution in [3.8, 4) is 0 Å². The molecule has 0 fully saturated rings. The maximum atomic E-state index is 18.0. The van der Waals surface area contributed by atoms with Gasteiger partial charge in [0.15, 0.2) is 11.6 Å². The fraction of sp³-hybridized carbons (Fsp3) is 0.0161. The lowest BCUT2D eigenvalue weighted by molar-refractivity contribution is -0.136. The first-order chi connectivity index (χ1) is 36.4. The van der Waals surface area contributed by atoms with Gasteiger partial charge in [0.1, 0.15) is 11.3 Å². The van der Waals surface area contributed by atoms with Gasteiger partial charge in [-0.05, 0) is 70.8 Å². The molecule has 12 heteroatoms. The summed E-state index contributed by atoms with van der Waals surface area (Å²) in [5.41, 5.74) is 7.66. The first-order valence-corrected chi connectivity index (χ1v) is 27.3. The van der Waals surface area contributed by atoms with Crippen LogP contribution in [0, 0.1) is 0 Å². The quantitative estimate of drug-likeness (QED) is 0.147. The molecule has 0 aliphatic carbocycles. The molecule has 0 atom stereocenters. The molecule has 358 valence electrons. The van der Waals surface area contributed by atoms with Gasteiger partial charge in [-0.1, -0.05) is 217 Å². The number of hydrogen-bond donors (Lipinski definition) is 0. The number of para-hydroxylation sites is 4. The van der Waals surface area contributed by atoms with Crippen molar-refractivity contribution in [1.29, 1.82) is 0 Å². The van der Waals surface area contributed by atoms with Crippen molar-refractivity contribution < 1.29 is 13.2 Å². The minimum Gasteiger partial charge on any atom is -0.305 e. The molecule has 0 unspecified atom stereocenters. The SMILES string of the molecule is FC(F)(F)c1c(N2C(c3ccccc3)=CSc3ccccc32)nc(N2C(c3ccccc3)=CSc3ccccc32)c(N2C(c3ccccc3)=CSc3ccccc32)c1N1C(c2ccccc2)=CSc2ccccc21. The largest absolute Gasteiger partial charge is 0.422 e. The zero-order valence-electron chi connectivity index (χ0n) is 39.1. The number of nitrogens with zero attached hydrogens (tertiary/aromatic N) is 5. The Balaban J connectivity index is 1.28. The number of anilines is 8. The van der Waals surface area contributed by atoms with Crippen LogP contribution in [0.25, 0.3) is 22.8 Å². The Morgan fingerprint density at radius 1 is 0.297 bits per heavy atom. The molecule has 4 aliphatic heterocycles. The van der Waals surface area contributed by atoms with E-state index in [9.17, 15) is 0 Å². The van der Waals surface area contributed by atoms with E-state index in [1.807, 2.05) is 233 Å². The Morgan fingerprint density at radius 3 is 0.905 bits per heavy atom. The average Bonchev–Trinajstić information content (AvgIpc) is 3.46. The van der Waals surface area contributed by atoms with Gasteiger partial charge in [0.25, 0.3) is 0 Å². The molecule has 0 saturated carbocycles. The highest BCUT2D eigenvalue weighted by atomic mass is 32.2. The fourth-order valence-corrected chi connectivity index (χ4v) is 13.5. The Bertz CT molecular complexity index is 3750. The zero-order chi connectivity index (χ0) is 49.8. The monoisotopic (exact) mass is 1040 g/mol. The van der Waals surface area contributed by atoms with E-state index in [1.54, 1.807) is 28.4 Å². The van der Waals surface area contributed by atoms with Crippen molar-refractivity contribution >= 4 is 116 Å². The van der Waals surface area contributed by atoms with Crippen LogP contribution in [0.15, 0.2) is 260 Å². The molecule has 74 heavy (non-hydrogen) atoms. The van der Waals surface area contributed by atoms with Crippen molar-refractivity contribution in [2.45, 2.75) is 25.8 Å². The highest BCUT2D eigenvalue weighted by molar-refractivity contribution is 8.03. The van der Waals surface area contributed by atoms with E-state index in [4.69, 9.17) is 4.98 Å². The van der Waals surface area contributed by atoms with Gasteiger partial charge in [-0.3, -0.25) is 9.80 Å². The van der Waals surface area contributed by atoms with Crippen LogP contribution in [0.4, 0.5) is 58.9 Å². The van der Waals surface area contributed by atoms with Gasteiger partial charge in [0.2, 0.25) is 0 Å². The number of hydrogen-bond acceptors (Lipinski definition) is 9. The predicted molar refractivity (Wildman–Crippen MR) is 305 cm³/mol. The number of halogens is 3. The summed E-state index contributed by atoms with van der Waals surface area (Å²) in [6.45, 7) is 0. The summed E-state index contributed by atoms with van der Waals surface area (Å²) >= 11 is 6.12. The van der Waals surface area contributed by atoms with Crippen LogP contribution in [0.3, 0.4) is 0 Å². The van der Waals surface area contributed by atoms with Crippen molar-refractivity contribution in [2.75, 3.05) is 19.6 Å². The third-order valence-electron chi connectivity index (χ3n) is 13.1. The van der Waals surface area contributed by atoms with Gasteiger partial charge >= 0.3 is 6.18 Å².